The highest BCUT2D eigenvalue weighted by molar-refractivity contribution is 9.11. The van der Waals surface area contributed by atoms with Crippen LogP contribution >= 0.6 is 54.5 Å². The molecule has 0 saturated heterocycles. The average molecular weight is 382 g/mol. The predicted molar refractivity (Wildman–Crippen MR) is 77.8 cm³/mol. The van der Waals surface area contributed by atoms with Crippen molar-refractivity contribution in [2.45, 2.75) is 12.5 Å². The average Bonchev–Trinajstić information content (AvgIpc) is 2.84. The van der Waals surface area contributed by atoms with Crippen molar-refractivity contribution in [1.82, 2.24) is 5.43 Å². The van der Waals surface area contributed by atoms with Crippen LogP contribution in [-0.4, -0.2) is 0 Å². The molecule has 0 saturated carbocycles. The van der Waals surface area contributed by atoms with E-state index < -0.39 is 0 Å². The van der Waals surface area contributed by atoms with Crippen LogP contribution in [0.1, 0.15) is 15.8 Å². The lowest BCUT2D eigenvalue weighted by Gasteiger charge is -2.13. The second-order valence-corrected chi connectivity index (χ2v) is 7.61. The molecule has 86 valence electrons. The first-order valence-corrected chi connectivity index (χ1v) is 7.92. The maximum atomic E-state index is 5.62. The van der Waals surface area contributed by atoms with Gasteiger partial charge in [-0.15, -0.1) is 22.7 Å². The summed E-state index contributed by atoms with van der Waals surface area (Å²) < 4.78 is 2.28. The highest BCUT2D eigenvalue weighted by atomic mass is 79.9. The number of nitrogens with one attached hydrogen (secondary N) is 1. The van der Waals surface area contributed by atoms with Crippen LogP contribution in [0.15, 0.2) is 31.8 Å². The van der Waals surface area contributed by atoms with Crippen LogP contribution in [0.3, 0.4) is 0 Å². The molecule has 0 fully saturated rings. The summed E-state index contributed by atoms with van der Waals surface area (Å²) in [4.78, 5) is 2.56. The summed E-state index contributed by atoms with van der Waals surface area (Å²) >= 11 is 10.5. The van der Waals surface area contributed by atoms with Gasteiger partial charge in [0.05, 0.1) is 9.83 Å². The van der Waals surface area contributed by atoms with Gasteiger partial charge in [-0.05, 0) is 55.4 Å². The van der Waals surface area contributed by atoms with Crippen LogP contribution in [0.2, 0.25) is 0 Å². The zero-order chi connectivity index (χ0) is 11.5. The Labute approximate surface area is 119 Å². The Bertz CT molecular complexity index is 467. The highest BCUT2D eigenvalue weighted by Crippen LogP contribution is 2.32. The van der Waals surface area contributed by atoms with Gasteiger partial charge in [0.1, 0.15) is 0 Å². The molecular weight excluding hydrogens is 372 g/mol. The molecule has 16 heavy (non-hydrogen) atoms. The molecule has 0 aromatic carbocycles. The standard InChI is InChI=1S/C10H10Br2N2S2/c11-7-3-4-15-10(7)8(14-13)5-6-1-2-9(12)16-6/h1-4,8,14H,5,13H2. The zero-order valence-corrected chi connectivity index (χ0v) is 13.0. The van der Waals surface area contributed by atoms with E-state index >= 15 is 0 Å². The number of rotatable bonds is 4. The molecule has 2 heterocycles. The molecule has 0 aliphatic rings. The number of hydrazine groups is 1. The smallest absolute Gasteiger partial charge is 0.0701 e. The molecule has 0 aliphatic heterocycles. The molecule has 3 N–H and O–H groups in total. The number of hydrogen-bond acceptors (Lipinski definition) is 4. The third-order valence-corrected chi connectivity index (χ3v) is 5.83. The normalized spacial score (nSPS) is 12.9. The van der Waals surface area contributed by atoms with Crippen molar-refractivity contribution in [1.29, 1.82) is 0 Å². The maximum absolute atomic E-state index is 5.62. The van der Waals surface area contributed by atoms with Gasteiger partial charge in [0.25, 0.3) is 0 Å². The minimum atomic E-state index is 0.167. The lowest BCUT2D eigenvalue weighted by molar-refractivity contribution is 0.563. The van der Waals surface area contributed by atoms with E-state index in [1.54, 1.807) is 22.7 Å². The van der Waals surface area contributed by atoms with Crippen LogP contribution in [-0.2, 0) is 6.42 Å². The molecular formula is C10H10Br2N2S2. The largest absolute Gasteiger partial charge is 0.271 e. The molecule has 0 spiro atoms. The second-order valence-electron chi connectivity index (χ2n) is 3.26. The summed E-state index contributed by atoms with van der Waals surface area (Å²) in [7, 11) is 0. The predicted octanol–water partition coefficient (Wildman–Crippen LogP) is 4.08. The van der Waals surface area contributed by atoms with E-state index in [2.05, 4.69) is 60.9 Å². The van der Waals surface area contributed by atoms with E-state index in [4.69, 9.17) is 5.84 Å². The Morgan fingerprint density at radius 2 is 2.12 bits per heavy atom. The summed E-state index contributed by atoms with van der Waals surface area (Å²) in [5, 5.41) is 2.06. The van der Waals surface area contributed by atoms with Gasteiger partial charge in [-0.2, -0.15) is 0 Å². The minimum Gasteiger partial charge on any atom is -0.271 e. The summed E-state index contributed by atoms with van der Waals surface area (Å²) in [5.74, 6) is 5.62. The van der Waals surface area contributed by atoms with Crippen molar-refractivity contribution in [2.24, 2.45) is 5.84 Å². The van der Waals surface area contributed by atoms with Gasteiger partial charge >= 0.3 is 0 Å². The quantitative estimate of drug-likeness (QED) is 0.618. The summed E-state index contributed by atoms with van der Waals surface area (Å²) in [6, 6.07) is 6.41. The number of halogens is 2. The summed E-state index contributed by atoms with van der Waals surface area (Å²) in [6.45, 7) is 0. The van der Waals surface area contributed by atoms with E-state index in [-0.39, 0.29) is 6.04 Å². The van der Waals surface area contributed by atoms with Crippen molar-refractivity contribution in [3.05, 3.63) is 41.6 Å². The zero-order valence-electron chi connectivity index (χ0n) is 8.24. The second kappa shape index (κ2) is 5.75. The fourth-order valence-corrected chi connectivity index (χ4v) is 4.68. The fraction of sp³-hybridized carbons (Fsp3) is 0.200. The first-order chi connectivity index (χ1) is 7.70. The van der Waals surface area contributed by atoms with Crippen LogP contribution < -0.4 is 11.3 Å². The van der Waals surface area contributed by atoms with Crippen LogP contribution in [0.4, 0.5) is 0 Å². The van der Waals surface area contributed by atoms with E-state index in [0.29, 0.717) is 0 Å². The molecule has 0 amide bonds. The first kappa shape index (κ1) is 12.7. The molecule has 2 aromatic heterocycles. The van der Waals surface area contributed by atoms with E-state index in [1.165, 1.54) is 9.75 Å². The third kappa shape index (κ3) is 2.94. The molecule has 1 atom stereocenters. The van der Waals surface area contributed by atoms with Crippen molar-refractivity contribution in [3.8, 4) is 0 Å². The van der Waals surface area contributed by atoms with Gasteiger partial charge in [0.2, 0.25) is 0 Å². The molecule has 6 heteroatoms. The Morgan fingerprint density at radius 1 is 1.31 bits per heavy atom. The molecule has 2 rings (SSSR count). The number of thiophene rings is 2. The van der Waals surface area contributed by atoms with Gasteiger partial charge in [-0.3, -0.25) is 11.3 Å². The molecule has 1 unspecified atom stereocenters. The Morgan fingerprint density at radius 3 is 2.62 bits per heavy atom. The van der Waals surface area contributed by atoms with Crippen LogP contribution in [0.5, 0.6) is 0 Å². The first-order valence-electron chi connectivity index (χ1n) is 4.64. The van der Waals surface area contributed by atoms with Crippen molar-refractivity contribution < 1.29 is 0 Å². The van der Waals surface area contributed by atoms with Crippen molar-refractivity contribution in [2.75, 3.05) is 0 Å². The monoisotopic (exact) mass is 380 g/mol. The molecule has 2 aromatic rings. The van der Waals surface area contributed by atoms with Gasteiger partial charge in [-0.1, -0.05) is 0 Å². The fourth-order valence-electron chi connectivity index (χ4n) is 1.44. The van der Waals surface area contributed by atoms with Crippen LogP contribution in [0.25, 0.3) is 0 Å². The molecule has 2 nitrogen and oxygen atoms in total. The molecule has 0 radical (unpaired) electrons. The number of hydrogen-bond donors (Lipinski definition) is 2. The van der Waals surface area contributed by atoms with E-state index in [0.717, 1.165) is 14.7 Å². The van der Waals surface area contributed by atoms with E-state index in [9.17, 15) is 0 Å². The lowest BCUT2D eigenvalue weighted by Crippen LogP contribution is -2.28. The molecule has 0 bridgehead atoms. The van der Waals surface area contributed by atoms with Crippen molar-refractivity contribution >= 4 is 54.5 Å². The molecule has 0 aliphatic carbocycles. The Balaban J connectivity index is 2.15. The highest BCUT2D eigenvalue weighted by Gasteiger charge is 2.15. The van der Waals surface area contributed by atoms with Crippen molar-refractivity contribution in [3.63, 3.8) is 0 Å². The van der Waals surface area contributed by atoms with Gasteiger partial charge < -0.3 is 0 Å². The van der Waals surface area contributed by atoms with Gasteiger partial charge in [0, 0.05) is 20.6 Å². The minimum absolute atomic E-state index is 0.167. The lowest BCUT2D eigenvalue weighted by atomic mass is 10.1. The van der Waals surface area contributed by atoms with E-state index in [1.807, 2.05) is 0 Å². The Hall–Kier alpha value is 0.280. The SMILES string of the molecule is NNC(Cc1ccc(Br)s1)c1sccc1Br. The third-order valence-electron chi connectivity index (χ3n) is 2.20. The van der Waals surface area contributed by atoms with Gasteiger partial charge in [0.15, 0.2) is 0 Å². The number of nitrogens with two attached hydrogens (primary N) is 1. The summed E-state index contributed by atoms with van der Waals surface area (Å²) in [5.41, 5.74) is 2.87. The van der Waals surface area contributed by atoms with Gasteiger partial charge in [-0.25, -0.2) is 0 Å². The topological polar surface area (TPSA) is 38.0 Å². The maximum Gasteiger partial charge on any atom is 0.0701 e. The van der Waals surface area contributed by atoms with Crippen LogP contribution in [0, 0.1) is 0 Å². The summed E-state index contributed by atoms with van der Waals surface area (Å²) in [6.07, 6.45) is 0.909. The Kier molecular flexibility index (Phi) is 4.57.